The summed E-state index contributed by atoms with van der Waals surface area (Å²) in [4.78, 5) is 38.9. The third-order valence-electron chi connectivity index (χ3n) is 7.75. The van der Waals surface area contributed by atoms with Crippen LogP contribution in [0, 0.1) is 5.92 Å². The number of nitrogens with one attached hydrogen (secondary N) is 2. The Morgan fingerprint density at radius 2 is 1.51 bits per heavy atom. The highest BCUT2D eigenvalue weighted by molar-refractivity contribution is 7.98. The monoisotopic (exact) mass is 686 g/mol. The Balaban J connectivity index is 1.53. The molecule has 0 radical (unpaired) electrons. The minimum atomic E-state index is -0.672. The lowest BCUT2D eigenvalue weighted by atomic mass is 9.98. The molecule has 0 aliphatic heterocycles. The Morgan fingerprint density at radius 3 is 2.16 bits per heavy atom. The minimum absolute atomic E-state index is 0.0451. The fraction of sp³-hybridized carbons (Fsp3) is 0.375. The number of benzene rings is 3. The fourth-order valence-corrected chi connectivity index (χ4v) is 6.08. The number of amides is 2. The van der Waals surface area contributed by atoms with Crippen LogP contribution in [0.3, 0.4) is 0 Å². The van der Waals surface area contributed by atoms with Gasteiger partial charge in [0, 0.05) is 24.3 Å². The molecule has 0 aromatic heterocycles. The lowest BCUT2D eigenvalue weighted by Gasteiger charge is -2.23. The van der Waals surface area contributed by atoms with Crippen molar-refractivity contribution < 1.29 is 29.0 Å². The van der Waals surface area contributed by atoms with Gasteiger partial charge in [-0.3, -0.25) is 14.4 Å². The second-order valence-corrected chi connectivity index (χ2v) is 12.9. The van der Waals surface area contributed by atoms with Gasteiger partial charge in [0.2, 0.25) is 11.8 Å². The van der Waals surface area contributed by atoms with E-state index in [-0.39, 0.29) is 37.4 Å². The van der Waals surface area contributed by atoms with E-state index in [1.54, 1.807) is 17.8 Å². The van der Waals surface area contributed by atoms with E-state index in [4.69, 9.17) is 9.47 Å². The van der Waals surface area contributed by atoms with Gasteiger partial charge >= 0.3 is 5.97 Å². The molecular formula is C40H50N2O6S. The van der Waals surface area contributed by atoms with Crippen molar-refractivity contribution in [1.82, 2.24) is 10.6 Å². The first-order valence-electron chi connectivity index (χ1n) is 16.9. The molecule has 0 bridgehead atoms. The van der Waals surface area contributed by atoms with Crippen molar-refractivity contribution in [3.8, 4) is 5.75 Å². The molecule has 3 aromatic rings. The van der Waals surface area contributed by atoms with Crippen LogP contribution in [0.5, 0.6) is 5.75 Å². The van der Waals surface area contributed by atoms with Crippen LogP contribution in [0.15, 0.2) is 110 Å². The number of allylic oxidation sites excluding steroid dienone is 2. The van der Waals surface area contributed by atoms with E-state index in [9.17, 15) is 19.5 Å². The highest BCUT2D eigenvalue weighted by atomic mass is 32.2. The van der Waals surface area contributed by atoms with Crippen LogP contribution < -0.4 is 15.4 Å². The molecule has 0 saturated heterocycles. The molecule has 3 aromatic carbocycles. The number of thioether (sulfide) groups is 1. The van der Waals surface area contributed by atoms with Crippen LogP contribution in [0.25, 0.3) is 0 Å². The molecular weight excluding hydrogens is 637 g/mol. The molecule has 2 amide bonds. The maximum atomic E-state index is 13.5. The van der Waals surface area contributed by atoms with E-state index < -0.39 is 18.0 Å². The van der Waals surface area contributed by atoms with Crippen molar-refractivity contribution in [2.75, 3.05) is 19.0 Å². The number of carbonyl (C=O) groups is 3. The summed E-state index contributed by atoms with van der Waals surface area (Å²) in [6.45, 7) is 7.74. The highest BCUT2D eigenvalue weighted by Crippen LogP contribution is 2.18. The summed E-state index contributed by atoms with van der Waals surface area (Å²) in [5, 5.41) is 15.9. The summed E-state index contributed by atoms with van der Waals surface area (Å²) in [5.74, 6) is 0.369. The molecule has 8 nitrogen and oxygen atoms in total. The lowest BCUT2D eigenvalue weighted by Crippen LogP contribution is -2.45. The van der Waals surface area contributed by atoms with Gasteiger partial charge in [0.15, 0.2) is 0 Å². The molecule has 0 unspecified atom stereocenters. The van der Waals surface area contributed by atoms with Crippen LogP contribution >= 0.6 is 11.8 Å². The standard InChI is InChI=1S/C40H50N2O6S/c1-3-5-6-13-19-39(45)48-28-36(30-49-29-33-17-11-8-12-18-33)42-40(46)34(14-4-2)25-38(44)41-35(26-43)24-31-20-22-37(23-21-31)47-27-32-15-9-7-10-16-32/h3-4,7-12,15-18,20-23,34-36,43H,1-2,5-6,13-14,19,24-30H2,(H,41,44)(H,42,46)/t34-,35+,36-/m1/s1. The maximum absolute atomic E-state index is 13.5. The second-order valence-electron chi connectivity index (χ2n) is 11.9. The number of hydrogen-bond donors (Lipinski definition) is 3. The van der Waals surface area contributed by atoms with Gasteiger partial charge in [-0.15, -0.1) is 13.2 Å². The number of ether oxygens (including phenoxy) is 2. The SMILES string of the molecule is C=CCCCCC(=O)OC[C@H](CSCc1ccccc1)NC(=O)[C@H](CC=C)CC(=O)N[C@H](CO)Cc1ccc(OCc2ccccc2)cc1. The molecule has 0 saturated carbocycles. The predicted molar refractivity (Wildman–Crippen MR) is 197 cm³/mol. The Bertz CT molecular complexity index is 1420. The van der Waals surface area contributed by atoms with Gasteiger partial charge < -0.3 is 25.2 Å². The van der Waals surface area contributed by atoms with Crippen LogP contribution in [-0.2, 0) is 37.9 Å². The predicted octanol–water partition coefficient (Wildman–Crippen LogP) is 6.58. The number of esters is 1. The zero-order valence-corrected chi connectivity index (χ0v) is 29.1. The molecule has 9 heteroatoms. The van der Waals surface area contributed by atoms with Gasteiger partial charge in [-0.1, -0.05) is 84.9 Å². The number of hydrogen-bond acceptors (Lipinski definition) is 7. The first-order chi connectivity index (χ1) is 23.9. The van der Waals surface area contributed by atoms with Gasteiger partial charge in [-0.25, -0.2) is 0 Å². The smallest absolute Gasteiger partial charge is 0.305 e. The van der Waals surface area contributed by atoms with Crippen molar-refractivity contribution in [1.29, 1.82) is 0 Å². The van der Waals surface area contributed by atoms with Crippen LogP contribution in [0.1, 0.15) is 55.2 Å². The Labute approximate surface area is 295 Å². The zero-order valence-electron chi connectivity index (χ0n) is 28.3. The van der Waals surface area contributed by atoms with Gasteiger partial charge in [-0.2, -0.15) is 11.8 Å². The summed E-state index contributed by atoms with van der Waals surface area (Å²) in [7, 11) is 0. The molecule has 0 aliphatic rings. The highest BCUT2D eigenvalue weighted by Gasteiger charge is 2.25. The Hall–Kier alpha value is -4.34. The topological polar surface area (TPSA) is 114 Å². The largest absolute Gasteiger partial charge is 0.489 e. The summed E-state index contributed by atoms with van der Waals surface area (Å²) in [6.07, 6.45) is 6.81. The molecule has 0 fully saturated rings. The number of unbranched alkanes of at least 4 members (excludes halogenated alkanes) is 2. The van der Waals surface area contributed by atoms with Gasteiger partial charge in [-0.05, 0) is 60.9 Å². The Kier molecular flexibility index (Phi) is 18.4. The normalized spacial score (nSPS) is 12.6. The summed E-state index contributed by atoms with van der Waals surface area (Å²) < 4.78 is 11.4. The molecule has 0 spiro atoms. The number of carbonyl (C=O) groups excluding carboxylic acids is 3. The van der Waals surface area contributed by atoms with E-state index in [2.05, 4.69) is 23.8 Å². The van der Waals surface area contributed by atoms with E-state index in [0.29, 0.717) is 38.0 Å². The van der Waals surface area contributed by atoms with E-state index >= 15 is 0 Å². The average Bonchev–Trinajstić information content (AvgIpc) is 3.12. The molecule has 3 N–H and O–H groups in total. The molecule has 49 heavy (non-hydrogen) atoms. The molecule has 262 valence electrons. The van der Waals surface area contributed by atoms with Crippen molar-refractivity contribution >= 4 is 29.5 Å². The zero-order chi connectivity index (χ0) is 35.1. The van der Waals surface area contributed by atoms with E-state index in [0.717, 1.165) is 41.0 Å². The number of aliphatic hydroxyl groups is 1. The van der Waals surface area contributed by atoms with E-state index in [1.807, 2.05) is 91.0 Å². The maximum Gasteiger partial charge on any atom is 0.305 e. The third-order valence-corrected chi connectivity index (χ3v) is 8.93. The number of aliphatic hydroxyl groups excluding tert-OH is 1. The van der Waals surface area contributed by atoms with Crippen molar-refractivity contribution in [2.45, 2.75) is 69.4 Å². The second kappa shape index (κ2) is 23.1. The van der Waals surface area contributed by atoms with E-state index in [1.165, 1.54) is 0 Å². The first kappa shape index (κ1) is 39.1. The van der Waals surface area contributed by atoms with Crippen LogP contribution in [0.2, 0.25) is 0 Å². The summed E-state index contributed by atoms with van der Waals surface area (Å²) in [5.41, 5.74) is 3.16. The fourth-order valence-electron chi connectivity index (χ4n) is 5.07. The van der Waals surface area contributed by atoms with Crippen LogP contribution in [0.4, 0.5) is 0 Å². The van der Waals surface area contributed by atoms with Gasteiger partial charge in [0.25, 0.3) is 0 Å². The molecule has 0 aliphatic carbocycles. The third kappa shape index (κ3) is 16.1. The quantitative estimate of drug-likeness (QED) is 0.0555. The first-order valence-corrected chi connectivity index (χ1v) is 18.0. The minimum Gasteiger partial charge on any atom is -0.489 e. The molecule has 3 rings (SSSR count). The van der Waals surface area contributed by atoms with Crippen molar-refractivity contribution in [3.63, 3.8) is 0 Å². The molecule has 3 atom stereocenters. The summed E-state index contributed by atoms with van der Waals surface area (Å²) in [6, 6.07) is 26.5. The Morgan fingerprint density at radius 1 is 0.816 bits per heavy atom. The summed E-state index contributed by atoms with van der Waals surface area (Å²) >= 11 is 1.63. The van der Waals surface area contributed by atoms with Gasteiger partial charge in [0.05, 0.1) is 24.6 Å². The lowest BCUT2D eigenvalue weighted by molar-refractivity contribution is -0.145. The molecule has 0 heterocycles. The van der Waals surface area contributed by atoms with Crippen LogP contribution in [-0.4, -0.2) is 53.9 Å². The average molecular weight is 687 g/mol. The van der Waals surface area contributed by atoms with Gasteiger partial charge in [0.1, 0.15) is 19.0 Å². The number of rotatable bonds is 24. The van der Waals surface area contributed by atoms with Crippen molar-refractivity contribution in [3.05, 3.63) is 127 Å². The van der Waals surface area contributed by atoms with Crippen molar-refractivity contribution in [2.24, 2.45) is 5.92 Å².